The van der Waals surface area contributed by atoms with Crippen molar-refractivity contribution in [1.29, 1.82) is 0 Å². The first kappa shape index (κ1) is 28.1. The largest absolute Gasteiger partial charge is 0.480 e. The number of carbonyl (C=O) groups is 2. The number of carboxylic acid groups (broad SMARTS) is 1. The number of likely N-dealkylation sites (tertiary alicyclic amines) is 1. The summed E-state index contributed by atoms with van der Waals surface area (Å²) in [6.45, 7) is 11.4. The highest BCUT2D eigenvalue weighted by molar-refractivity contribution is 6.21. The van der Waals surface area contributed by atoms with Crippen LogP contribution in [0.1, 0.15) is 57.7 Å². The Morgan fingerprint density at radius 2 is 1.74 bits per heavy atom. The maximum atomic E-state index is 13.2. The fourth-order valence-electron chi connectivity index (χ4n) is 5.87. The predicted molar refractivity (Wildman–Crippen MR) is 138 cm³/mol. The second-order valence-corrected chi connectivity index (χ2v) is 10.8. The number of piperazine rings is 1. The molecule has 208 valence electrons. The zero-order valence-corrected chi connectivity index (χ0v) is 22.3. The summed E-state index contributed by atoms with van der Waals surface area (Å²) in [5, 5.41) is 13.1. The number of alkyl halides is 3. The van der Waals surface area contributed by atoms with Crippen molar-refractivity contribution in [1.82, 2.24) is 20.0 Å². The molecule has 0 aliphatic carbocycles. The quantitative estimate of drug-likeness (QED) is 0.600. The van der Waals surface area contributed by atoms with E-state index < -0.39 is 23.8 Å². The maximum absolute atomic E-state index is 13.2. The van der Waals surface area contributed by atoms with Crippen molar-refractivity contribution in [2.45, 2.75) is 64.3 Å². The fourth-order valence-corrected chi connectivity index (χ4v) is 5.87. The van der Waals surface area contributed by atoms with Crippen molar-refractivity contribution in [3.63, 3.8) is 0 Å². The van der Waals surface area contributed by atoms with Gasteiger partial charge in [-0.05, 0) is 58.2 Å². The molecule has 2 saturated heterocycles. The number of nitrogens with one attached hydrogen (secondary N) is 1. The van der Waals surface area contributed by atoms with Gasteiger partial charge in [0.05, 0.1) is 11.1 Å². The average Bonchev–Trinajstić information content (AvgIpc) is 2.85. The van der Waals surface area contributed by atoms with E-state index in [9.17, 15) is 27.9 Å². The second-order valence-electron chi connectivity index (χ2n) is 10.8. The Labute approximate surface area is 221 Å². The van der Waals surface area contributed by atoms with Crippen molar-refractivity contribution in [2.24, 2.45) is 4.99 Å². The lowest BCUT2D eigenvalue weighted by Crippen LogP contribution is -2.63. The molecule has 0 unspecified atom stereocenters. The molecule has 0 spiro atoms. The first-order valence-corrected chi connectivity index (χ1v) is 13.0. The number of rotatable bonds is 5. The molecule has 2 fully saturated rings. The molecule has 11 heteroatoms. The van der Waals surface area contributed by atoms with Crippen LogP contribution in [0, 0.1) is 0 Å². The van der Waals surface area contributed by atoms with E-state index in [1.54, 1.807) is 0 Å². The third kappa shape index (κ3) is 5.58. The van der Waals surface area contributed by atoms with E-state index in [4.69, 9.17) is 0 Å². The van der Waals surface area contributed by atoms with Gasteiger partial charge in [0.1, 0.15) is 12.7 Å². The van der Waals surface area contributed by atoms with E-state index >= 15 is 0 Å². The zero-order chi connectivity index (χ0) is 27.8. The molecular formula is C27H36F3N5O3. The summed E-state index contributed by atoms with van der Waals surface area (Å²) >= 11 is 0. The molecule has 1 aromatic carbocycles. The lowest BCUT2D eigenvalue weighted by atomic mass is 9.85. The van der Waals surface area contributed by atoms with Crippen LogP contribution in [0.4, 0.5) is 13.2 Å². The van der Waals surface area contributed by atoms with Crippen LogP contribution in [-0.2, 0) is 15.8 Å². The van der Waals surface area contributed by atoms with Crippen LogP contribution in [0.2, 0.25) is 0 Å². The van der Waals surface area contributed by atoms with Gasteiger partial charge in [-0.3, -0.25) is 24.4 Å². The lowest BCUT2D eigenvalue weighted by molar-refractivity contribution is -0.146. The molecule has 0 radical (unpaired) electrons. The van der Waals surface area contributed by atoms with Crippen molar-refractivity contribution < 1.29 is 27.9 Å². The van der Waals surface area contributed by atoms with E-state index in [-0.39, 0.29) is 17.5 Å². The average molecular weight is 536 g/mol. The van der Waals surface area contributed by atoms with E-state index in [1.165, 1.54) is 12.1 Å². The van der Waals surface area contributed by atoms with E-state index in [1.807, 2.05) is 30.6 Å². The summed E-state index contributed by atoms with van der Waals surface area (Å²) in [4.78, 5) is 35.9. The number of aliphatic carboxylic acids is 1. The third-order valence-corrected chi connectivity index (χ3v) is 8.30. The molecule has 1 aromatic rings. The second kappa shape index (κ2) is 10.7. The van der Waals surface area contributed by atoms with Crippen LogP contribution in [-0.4, -0.2) is 88.4 Å². The molecule has 2 N–H and O–H groups in total. The van der Waals surface area contributed by atoms with Crippen LogP contribution < -0.4 is 5.32 Å². The Bertz CT molecular complexity index is 1120. The molecule has 8 nitrogen and oxygen atoms in total. The highest BCUT2D eigenvalue weighted by Crippen LogP contribution is 2.35. The molecule has 0 saturated carbocycles. The summed E-state index contributed by atoms with van der Waals surface area (Å²) < 4.78 is 39.0. The number of halogens is 3. The van der Waals surface area contributed by atoms with Gasteiger partial charge in [-0.25, -0.2) is 0 Å². The van der Waals surface area contributed by atoms with Crippen LogP contribution in [0.5, 0.6) is 0 Å². The zero-order valence-electron chi connectivity index (χ0n) is 22.3. The Morgan fingerprint density at radius 3 is 2.26 bits per heavy atom. The van der Waals surface area contributed by atoms with Gasteiger partial charge in [-0.15, -0.1) is 0 Å². The summed E-state index contributed by atoms with van der Waals surface area (Å²) in [6, 6.07) is 3.27. The number of amides is 1. The maximum Gasteiger partial charge on any atom is 0.416 e. The number of piperidine rings is 1. The Hall–Kier alpha value is -2.92. The summed E-state index contributed by atoms with van der Waals surface area (Å²) in [6.07, 6.45) is -2.88. The normalized spacial score (nSPS) is 24.0. The Balaban J connectivity index is 1.40. The Kier molecular flexibility index (Phi) is 7.90. The van der Waals surface area contributed by atoms with E-state index in [2.05, 4.69) is 22.1 Å². The monoisotopic (exact) mass is 535 g/mol. The SMILES string of the molecule is CC1=NCNC(C)=C1C(=O)N1CCC(C)(N2CCN([C@@H](C(=O)O)c3ccc(C(F)(F)F)cc3)[C@@H](C)C2)CC1. The number of carbonyl (C=O) groups excluding carboxylic acids is 1. The summed E-state index contributed by atoms with van der Waals surface area (Å²) in [7, 11) is 0. The summed E-state index contributed by atoms with van der Waals surface area (Å²) in [5.74, 6) is -1.08. The van der Waals surface area contributed by atoms with Crippen LogP contribution in [0.15, 0.2) is 40.5 Å². The summed E-state index contributed by atoms with van der Waals surface area (Å²) in [5.41, 5.74) is 1.65. The fraction of sp³-hybridized carbons (Fsp3) is 0.593. The molecule has 0 aromatic heterocycles. The predicted octanol–water partition coefficient (Wildman–Crippen LogP) is 3.51. The van der Waals surface area contributed by atoms with Crippen molar-refractivity contribution >= 4 is 17.6 Å². The smallest absolute Gasteiger partial charge is 0.416 e. The van der Waals surface area contributed by atoms with Crippen molar-refractivity contribution in [3.05, 3.63) is 46.7 Å². The molecule has 1 amide bonds. The molecule has 3 aliphatic rings. The first-order valence-electron chi connectivity index (χ1n) is 13.0. The number of benzene rings is 1. The van der Waals surface area contributed by atoms with E-state index in [0.29, 0.717) is 50.5 Å². The van der Waals surface area contributed by atoms with Gasteiger partial charge in [0.25, 0.3) is 5.91 Å². The van der Waals surface area contributed by atoms with Gasteiger partial charge < -0.3 is 15.3 Å². The van der Waals surface area contributed by atoms with Crippen molar-refractivity contribution in [2.75, 3.05) is 39.4 Å². The van der Waals surface area contributed by atoms with Gasteiger partial charge in [0.15, 0.2) is 0 Å². The number of allylic oxidation sites excluding steroid dienone is 1. The minimum absolute atomic E-state index is 0.00275. The third-order valence-electron chi connectivity index (χ3n) is 8.30. The standard InChI is InChI=1S/C27H36F3N5O3/c1-17-15-34(13-14-35(17)23(25(37)38)20-5-7-21(8-6-20)27(28,29)30)26(4)9-11-33(12-10-26)24(36)22-18(2)31-16-32-19(22)3/h5-8,17,23,31H,9-16H2,1-4H3,(H,37,38)/t17-,23+/m0/s1. The molecule has 3 heterocycles. The highest BCUT2D eigenvalue weighted by atomic mass is 19.4. The topological polar surface area (TPSA) is 88.5 Å². The van der Waals surface area contributed by atoms with Gasteiger partial charge in [-0.1, -0.05) is 12.1 Å². The number of hydrogen-bond donors (Lipinski definition) is 2. The van der Waals surface area contributed by atoms with Gasteiger partial charge in [0.2, 0.25) is 0 Å². The molecule has 3 aliphatic heterocycles. The highest BCUT2D eigenvalue weighted by Gasteiger charge is 2.43. The Morgan fingerprint density at radius 1 is 1.11 bits per heavy atom. The first-order chi connectivity index (χ1) is 17.8. The van der Waals surface area contributed by atoms with E-state index in [0.717, 1.165) is 36.4 Å². The molecule has 4 rings (SSSR count). The van der Waals surface area contributed by atoms with Crippen molar-refractivity contribution in [3.8, 4) is 0 Å². The van der Waals surface area contributed by atoms with Crippen LogP contribution in [0.3, 0.4) is 0 Å². The van der Waals surface area contributed by atoms with Gasteiger partial charge in [-0.2, -0.15) is 13.2 Å². The van der Waals surface area contributed by atoms with Crippen LogP contribution >= 0.6 is 0 Å². The van der Waals surface area contributed by atoms with Crippen LogP contribution in [0.25, 0.3) is 0 Å². The number of nitrogens with zero attached hydrogens (tertiary/aromatic N) is 4. The number of hydrogen-bond acceptors (Lipinski definition) is 6. The minimum Gasteiger partial charge on any atom is -0.480 e. The molecule has 2 atom stereocenters. The minimum atomic E-state index is -4.47. The molecular weight excluding hydrogens is 499 g/mol. The van der Waals surface area contributed by atoms with Gasteiger partial charge >= 0.3 is 12.1 Å². The number of aliphatic imine (C=N–C) groups is 1. The van der Waals surface area contributed by atoms with Gasteiger partial charge in [0, 0.05) is 55.7 Å². The lowest BCUT2D eigenvalue weighted by Gasteiger charge is -2.52. The molecule has 0 bridgehead atoms. The number of carboxylic acids is 1. The molecule has 38 heavy (non-hydrogen) atoms.